The van der Waals surface area contributed by atoms with Gasteiger partial charge in [0.25, 0.3) is 0 Å². The number of fused-ring (bicyclic) bond motifs is 1. The third-order valence-electron chi connectivity index (χ3n) is 8.91. The lowest BCUT2D eigenvalue weighted by Crippen LogP contribution is -2.41. The van der Waals surface area contributed by atoms with E-state index in [4.69, 9.17) is 16.5 Å². The number of carbonyl (C=O) groups excluding carboxylic acids is 3. The Balaban J connectivity index is 1.37. The SMILES string of the molecule is CC(C)C(=O)N1CCC(c2cc(-c3ccc(N(C(=O)C4(C(N)=O)CC4)c4ccc(F)cc4)cc3)c3c(N)nn(C)c3n2)CC1. The van der Waals surface area contributed by atoms with E-state index in [1.165, 1.54) is 29.2 Å². The number of anilines is 3. The van der Waals surface area contributed by atoms with Crippen molar-refractivity contribution >= 4 is 45.9 Å². The van der Waals surface area contributed by atoms with Crippen LogP contribution in [0.2, 0.25) is 0 Å². The maximum Gasteiger partial charge on any atom is 0.247 e. The Morgan fingerprint density at radius 3 is 2.14 bits per heavy atom. The molecular weight excluding hydrogens is 561 g/mol. The number of nitrogens with zero attached hydrogens (tertiary/aromatic N) is 5. The lowest BCUT2D eigenvalue weighted by molar-refractivity contribution is -0.135. The second-order valence-electron chi connectivity index (χ2n) is 12.2. The Labute approximate surface area is 254 Å². The van der Waals surface area contributed by atoms with E-state index in [2.05, 4.69) is 11.2 Å². The molecule has 4 aromatic rings. The molecule has 1 aliphatic heterocycles. The van der Waals surface area contributed by atoms with Crippen molar-refractivity contribution in [1.82, 2.24) is 19.7 Å². The number of halogens is 1. The molecule has 0 atom stereocenters. The number of aromatic nitrogens is 3. The van der Waals surface area contributed by atoms with Crippen LogP contribution in [0.25, 0.3) is 22.2 Å². The van der Waals surface area contributed by atoms with Crippen LogP contribution in [0.1, 0.15) is 51.1 Å². The number of nitrogens with two attached hydrogens (primary N) is 2. The molecule has 4 N–H and O–H groups in total. The number of hydrogen-bond acceptors (Lipinski definition) is 6. The van der Waals surface area contributed by atoms with Crippen LogP contribution >= 0.6 is 0 Å². The number of aryl methyl sites for hydroxylation is 1. The Kier molecular flexibility index (Phi) is 7.35. The van der Waals surface area contributed by atoms with Gasteiger partial charge in [0.05, 0.1) is 5.39 Å². The lowest BCUT2D eigenvalue weighted by Gasteiger charge is -2.33. The van der Waals surface area contributed by atoms with E-state index >= 15 is 0 Å². The van der Waals surface area contributed by atoms with E-state index in [0.717, 1.165) is 35.0 Å². The molecule has 2 aromatic carbocycles. The zero-order valence-corrected chi connectivity index (χ0v) is 25.1. The van der Waals surface area contributed by atoms with Crippen molar-refractivity contribution in [2.45, 2.75) is 45.4 Å². The van der Waals surface area contributed by atoms with Gasteiger partial charge in [0.15, 0.2) is 11.5 Å². The molecule has 44 heavy (non-hydrogen) atoms. The largest absolute Gasteiger partial charge is 0.382 e. The van der Waals surface area contributed by atoms with Crippen molar-refractivity contribution in [2.75, 3.05) is 23.7 Å². The topological polar surface area (TPSA) is 140 Å². The van der Waals surface area contributed by atoms with Crippen LogP contribution in [0.5, 0.6) is 0 Å². The van der Waals surface area contributed by atoms with Gasteiger partial charge in [-0.25, -0.2) is 14.1 Å². The summed E-state index contributed by atoms with van der Waals surface area (Å²) in [7, 11) is 1.81. The number of pyridine rings is 1. The minimum Gasteiger partial charge on any atom is -0.382 e. The zero-order valence-electron chi connectivity index (χ0n) is 25.1. The number of piperidine rings is 1. The van der Waals surface area contributed by atoms with Gasteiger partial charge in [-0.2, -0.15) is 5.10 Å². The van der Waals surface area contributed by atoms with E-state index in [1.54, 1.807) is 16.8 Å². The van der Waals surface area contributed by atoms with Gasteiger partial charge in [-0.1, -0.05) is 26.0 Å². The fourth-order valence-corrected chi connectivity index (χ4v) is 6.16. The van der Waals surface area contributed by atoms with Gasteiger partial charge in [0.2, 0.25) is 17.7 Å². The first-order valence-electron chi connectivity index (χ1n) is 14.9. The van der Waals surface area contributed by atoms with Crippen LogP contribution in [-0.4, -0.2) is 50.5 Å². The molecule has 3 heterocycles. The molecule has 0 spiro atoms. The summed E-state index contributed by atoms with van der Waals surface area (Å²) in [5.74, 6) is -0.868. The molecule has 2 aliphatic rings. The van der Waals surface area contributed by atoms with Gasteiger partial charge < -0.3 is 16.4 Å². The van der Waals surface area contributed by atoms with Crippen LogP contribution < -0.4 is 16.4 Å². The van der Waals surface area contributed by atoms with Crippen LogP contribution in [0, 0.1) is 17.2 Å². The summed E-state index contributed by atoms with van der Waals surface area (Å²) in [4.78, 5) is 46.8. The fourth-order valence-electron chi connectivity index (χ4n) is 6.16. The number of carbonyl (C=O) groups is 3. The molecule has 1 saturated carbocycles. The smallest absolute Gasteiger partial charge is 0.247 e. The molecule has 0 unspecified atom stereocenters. The van der Waals surface area contributed by atoms with Gasteiger partial charge in [-0.05, 0) is 79.3 Å². The van der Waals surface area contributed by atoms with E-state index in [-0.39, 0.29) is 17.7 Å². The number of likely N-dealkylation sites (tertiary alicyclic amines) is 1. The Hall–Kier alpha value is -4.80. The Bertz CT molecular complexity index is 1750. The maximum atomic E-state index is 13.8. The highest BCUT2D eigenvalue weighted by molar-refractivity contribution is 6.16. The fraction of sp³-hybridized carbons (Fsp3) is 0.364. The summed E-state index contributed by atoms with van der Waals surface area (Å²) < 4.78 is 15.4. The molecule has 3 amide bonds. The number of nitrogen functional groups attached to an aromatic ring is 1. The minimum absolute atomic E-state index is 0.0344. The third-order valence-corrected chi connectivity index (χ3v) is 8.91. The summed E-state index contributed by atoms with van der Waals surface area (Å²) in [6.07, 6.45) is 2.36. The van der Waals surface area contributed by atoms with Crippen molar-refractivity contribution in [2.24, 2.45) is 24.1 Å². The first kappa shape index (κ1) is 29.3. The highest BCUT2D eigenvalue weighted by atomic mass is 19.1. The zero-order chi connectivity index (χ0) is 31.3. The lowest BCUT2D eigenvalue weighted by atomic mass is 9.90. The Morgan fingerprint density at radius 2 is 1.59 bits per heavy atom. The van der Waals surface area contributed by atoms with Crippen LogP contribution in [0.4, 0.5) is 21.6 Å². The molecular formula is C33H36FN7O3. The van der Waals surface area contributed by atoms with E-state index in [1.807, 2.05) is 37.9 Å². The second-order valence-corrected chi connectivity index (χ2v) is 12.2. The summed E-state index contributed by atoms with van der Waals surface area (Å²) in [6, 6.07) is 15.0. The summed E-state index contributed by atoms with van der Waals surface area (Å²) in [5.41, 5.74) is 15.0. The highest BCUT2D eigenvalue weighted by Gasteiger charge is 2.57. The molecule has 2 fully saturated rings. The molecule has 10 nitrogen and oxygen atoms in total. The molecule has 1 saturated heterocycles. The molecule has 0 radical (unpaired) electrons. The quantitative estimate of drug-likeness (QED) is 0.297. The monoisotopic (exact) mass is 597 g/mol. The van der Waals surface area contributed by atoms with Crippen LogP contribution in [0.15, 0.2) is 54.6 Å². The standard InChI is InChI=1S/C33H36FN7O3/c1-19(2)30(42)40-16-12-21(13-17-40)26-18-25(27-28(35)38-39(3)29(27)37-26)20-4-8-23(9-5-20)41(24-10-6-22(34)7-11-24)32(44)33(14-15-33)31(36)43/h4-11,18-19,21H,12-17H2,1-3H3,(H2,35,38)(H2,36,43). The van der Waals surface area contributed by atoms with Gasteiger partial charge in [0, 0.05) is 49.0 Å². The average Bonchev–Trinajstić information content (AvgIpc) is 3.79. The van der Waals surface area contributed by atoms with Gasteiger partial charge in [0.1, 0.15) is 11.2 Å². The van der Waals surface area contributed by atoms with E-state index in [0.29, 0.717) is 48.8 Å². The predicted molar refractivity (Wildman–Crippen MR) is 166 cm³/mol. The predicted octanol–water partition coefficient (Wildman–Crippen LogP) is 4.65. The molecule has 6 rings (SSSR count). The van der Waals surface area contributed by atoms with Gasteiger partial charge in [-0.15, -0.1) is 0 Å². The van der Waals surface area contributed by atoms with Crippen LogP contribution in [0.3, 0.4) is 0 Å². The summed E-state index contributed by atoms with van der Waals surface area (Å²) >= 11 is 0. The number of amides is 3. The summed E-state index contributed by atoms with van der Waals surface area (Å²) in [5, 5.41) is 5.17. The highest BCUT2D eigenvalue weighted by Crippen LogP contribution is 2.49. The van der Waals surface area contributed by atoms with Crippen molar-refractivity contribution < 1.29 is 18.8 Å². The molecule has 11 heteroatoms. The number of hydrogen-bond donors (Lipinski definition) is 2. The van der Waals surface area contributed by atoms with Gasteiger partial charge >= 0.3 is 0 Å². The molecule has 2 aromatic heterocycles. The van der Waals surface area contributed by atoms with Gasteiger partial charge in [-0.3, -0.25) is 19.3 Å². The third kappa shape index (κ3) is 5.06. The summed E-state index contributed by atoms with van der Waals surface area (Å²) in [6.45, 7) is 5.20. The van der Waals surface area contributed by atoms with Crippen molar-refractivity contribution in [3.05, 3.63) is 66.1 Å². The maximum absolute atomic E-state index is 13.8. The number of benzene rings is 2. The van der Waals surface area contributed by atoms with E-state index in [9.17, 15) is 18.8 Å². The molecule has 228 valence electrons. The Morgan fingerprint density at radius 1 is 1.00 bits per heavy atom. The van der Waals surface area contributed by atoms with Crippen molar-refractivity contribution in [3.8, 4) is 11.1 Å². The number of rotatable bonds is 7. The first-order valence-corrected chi connectivity index (χ1v) is 14.9. The molecule has 0 bridgehead atoms. The average molecular weight is 598 g/mol. The second kappa shape index (κ2) is 11.0. The van der Waals surface area contributed by atoms with Crippen molar-refractivity contribution in [3.63, 3.8) is 0 Å². The minimum atomic E-state index is -1.27. The normalized spacial score (nSPS) is 16.3. The van der Waals surface area contributed by atoms with Crippen molar-refractivity contribution in [1.29, 1.82) is 0 Å². The van der Waals surface area contributed by atoms with E-state index < -0.39 is 23.0 Å². The first-order chi connectivity index (χ1) is 21.0. The molecule has 1 aliphatic carbocycles. The van der Waals surface area contributed by atoms with Crippen LogP contribution in [-0.2, 0) is 21.4 Å². The number of primary amides is 1.